The van der Waals surface area contributed by atoms with E-state index in [2.05, 4.69) is 5.10 Å². The molecule has 1 atom stereocenters. The molecule has 0 fully saturated rings. The lowest BCUT2D eigenvalue weighted by atomic mass is 10.0. The molecule has 164 valence electrons. The van der Waals surface area contributed by atoms with Crippen molar-refractivity contribution in [3.63, 3.8) is 0 Å². The van der Waals surface area contributed by atoms with Gasteiger partial charge in [0.15, 0.2) is 0 Å². The second-order valence-electron chi connectivity index (χ2n) is 7.49. The molecule has 2 aliphatic rings. The predicted octanol–water partition coefficient (Wildman–Crippen LogP) is 6.10. The number of hydrogen-bond acceptors (Lipinski definition) is 5. The summed E-state index contributed by atoms with van der Waals surface area (Å²) in [7, 11) is 0. The number of carbonyl (C=O) groups is 1. The van der Waals surface area contributed by atoms with Crippen molar-refractivity contribution in [2.75, 3.05) is 0 Å². The van der Waals surface area contributed by atoms with Crippen LogP contribution < -0.4 is 4.74 Å². The third kappa shape index (κ3) is 4.35. The Morgan fingerprint density at radius 1 is 0.939 bits per heavy atom. The molecule has 8 heteroatoms. The lowest BCUT2D eigenvalue weighted by Crippen LogP contribution is -2.29. The molecule has 3 aromatic carbocycles. The maximum absolute atomic E-state index is 11.5. The number of halogens is 2. The number of nitrogens with zero attached hydrogens (tertiary/aromatic N) is 3. The Bertz CT molecular complexity index is 1320. The third-order valence-corrected chi connectivity index (χ3v) is 6.03. The Morgan fingerprint density at radius 2 is 1.64 bits per heavy atom. The van der Waals surface area contributed by atoms with E-state index >= 15 is 0 Å². The first-order chi connectivity index (χ1) is 16.0. The van der Waals surface area contributed by atoms with Gasteiger partial charge in [-0.25, -0.2) is 9.80 Å². The van der Waals surface area contributed by atoms with Gasteiger partial charge in [0.05, 0.1) is 21.5 Å². The molecule has 0 spiro atoms. The molecule has 1 unspecified atom stereocenters. The van der Waals surface area contributed by atoms with E-state index in [1.54, 1.807) is 17.1 Å². The number of aliphatic imine (C=N–C) groups is 1. The van der Waals surface area contributed by atoms with Crippen molar-refractivity contribution in [1.29, 1.82) is 0 Å². The molecule has 0 saturated heterocycles. The second kappa shape index (κ2) is 8.73. The van der Waals surface area contributed by atoms with Gasteiger partial charge in [-0.15, -0.1) is 0 Å². The van der Waals surface area contributed by atoms with Gasteiger partial charge >= 0.3 is 5.97 Å². The van der Waals surface area contributed by atoms with E-state index in [-0.39, 0.29) is 12.1 Å². The van der Waals surface area contributed by atoms with Gasteiger partial charge in [0, 0.05) is 17.5 Å². The van der Waals surface area contributed by atoms with Gasteiger partial charge in [0.2, 0.25) is 0 Å². The molecule has 1 N–H and O–H groups in total. The van der Waals surface area contributed by atoms with Crippen LogP contribution in [-0.4, -0.2) is 33.7 Å². The standard InChI is InChI=1S/C25H17Cl2N3O3/c26-19-11-8-16(12-20(19)27)23-13-21(28-24-14-22(25(31)32)29-30(23)24)15-6-9-18(10-7-15)33-17-4-2-1-3-5-17/h1-13,24H,14H2,(H,31,32). The van der Waals surface area contributed by atoms with Gasteiger partial charge < -0.3 is 9.84 Å². The van der Waals surface area contributed by atoms with E-state index in [1.807, 2.05) is 66.7 Å². The fourth-order valence-electron chi connectivity index (χ4n) is 3.68. The van der Waals surface area contributed by atoms with Gasteiger partial charge in [-0.05, 0) is 54.6 Å². The van der Waals surface area contributed by atoms with Gasteiger partial charge in [-0.1, -0.05) is 47.5 Å². The van der Waals surface area contributed by atoms with Crippen LogP contribution in [0.25, 0.3) is 5.70 Å². The quantitative estimate of drug-likeness (QED) is 0.481. The van der Waals surface area contributed by atoms with Gasteiger partial charge in [0.25, 0.3) is 0 Å². The van der Waals surface area contributed by atoms with Crippen LogP contribution >= 0.6 is 23.2 Å². The Morgan fingerprint density at radius 3 is 2.33 bits per heavy atom. The lowest BCUT2D eigenvalue weighted by Gasteiger charge is -2.28. The van der Waals surface area contributed by atoms with Gasteiger partial charge in [-0.3, -0.25) is 4.99 Å². The summed E-state index contributed by atoms with van der Waals surface area (Å²) in [4.78, 5) is 16.3. The summed E-state index contributed by atoms with van der Waals surface area (Å²) in [5, 5.41) is 16.2. The Labute approximate surface area is 200 Å². The van der Waals surface area contributed by atoms with Crippen LogP contribution in [0.2, 0.25) is 10.0 Å². The topological polar surface area (TPSA) is 74.5 Å². The molecule has 0 radical (unpaired) electrons. The Hall–Kier alpha value is -3.61. The second-order valence-corrected chi connectivity index (χ2v) is 8.31. The fraction of sp³-hybridized carbons (Fsp3) is 0.0800. The minimum absolute atomic E-state index is 0.0579. The number of allylic oxidation sites excluding steroid dienone is 1. The molecule has 0 saturated carbocycles. The van der Waals surface area contributed by atoms with E-state index in [0.29, 0.717) is 27.2 Å². The van der Waals surface area contributed by atoms with Crippen LogP contribution in [0.3, 0.4) is 0 Å². The number of aliphatic carboxylic acids is 1. The third-order valence-electron chi connectivity index (χ3n) is 5.29. The normalized spacial score (nSPS) is 17.1. The van der Waals surface area contributed by atoms with Crippen LogP contribution in [0.5, 0.6) is 11.5 Å². The predicted molar refractivity (Wildman–Crippen MR) is 129 cm³/mol. The van der Waals surface area contributed by atoms with Crippen molar-refractivity contribution in [2.45, 2.75) is 12.6 Å². The van der Waals surface area contributed by atoms with Crippen LogP contribution in [0, 0.1) is 0 Å². The molecule has 33 heavy (non-hydrogen) atoms. The molecule has 0 aromatic heterocycles. The van der Waals surface area contributed by atoms with Crippen molar-refractivity contribution >= 4 is 46.3 Å². The number of para-hydroxylation sites is 1. The molecule has 0 bridgehead atoms. The first kappa shape index (κ1) is 21.2. The highest BCUT2D eigenvalue weighted by molar-refractivity contribution is 6.42. The van der Waals surface area contributed by atoms with E-state index < -0.39 is 12.1 Å². The molecule has 0 amide bonds. The van der Waals surface area contributed by atoms with Crippen molar-refractivity contribution < 1.29 is 14.6 Å². The highest BCUT2D eigenvalue weighted by Gasteiger charge is 2.35. The fourth-order valence-corrected chi connectivity index (χ4v) is 3.98. The van der Waals surface area contributed by atoms with Crippen LogP contribution in [-0.2, 0) is 4.79 Å². The molecule has 0 aliphatic carbocycles. The van der Waals surface area contributed by atoms with Crippen LogP contribution in [0.1, 0.15) is 17.5 Å². The maximum Gasteiger partial charge on any atom is 0.352 e. The average molecular weight is 478 g/mol. The summed E-state index contributed by atoms with van der Waals surface area (Å²) >= 11 is 12.3. The minimum Gasteiger partial charge on any atom is -0.477 e. The summed E-state index contributed by atoms with van der Waals surface area (Å²) in [6.07, 6.45) is 1.62. The maximum atomic E-state index is 11.5. The average Bonchev–Trinajstić information content (AvgIpc) is 3.26. The summed E-state index contributed by atoms with van der Waals surface area (Å²) in [5.41, 5.74) is 3.11. The summed E-state index contributed by atoms with van der Waals surface area (Å²) in [5.74, 6) is 0.396. The highest BCUT2D eigenvalue weighted by Crippen LogP contribution is 2.35. The van der Waals surface area contributed by atoms with Gasteiger partial charge in [0.1, 0.15) is 23.4 Å². The number of fused-ring (bicyclic) bond motifs is 1. The molecule has 5 rings (SSSR count). The number of benzene rings is 3. The Balaban J connectivity index is 1.49. The molecule has 6 nitrogen and oxygen atoms in total. The zero-order chi connectivity index (χ0) is 22.9. The largest absolute Gasteiger partial charge is 0.477 e. The Kier molecular flexibility index (Phi) is 5.62. The number of hydrazone groups is 1. The summed E-state index contributed by atoms with van der Waals surface area (Å²) < 4.78 is 5.87. The highest BCUT2D eigenvalue weighted by atomic mass is 35.5. The summed E-state index contributed by atoms with van der Waals surface area (Å²) in [6.45, 7) is 0. The van der Waals surface area contributed by atoms with Crippen molar-refractivity contribution in [2.24, 2.45) is 10.1 Å². The molecular weight excluding hydrogens is 461 g/mol. The van der Waals surface area contributed by atoms with Crippen molar-refractivity contribution in [3.05, 3.63) is 100 Å². The number of rotatable bonds is 5. The summed E-state index contributed by atoms with van der Waals surface area (Å²) in [6, 6.07) is 22.4. The number of hydrogen-bond donors (Lipinski definition) is 1. The van der Waals surface area contributed by atoms with E-state index in [0.717, 1.165) is 16.9 Å². The zero-order valence-electron chi connectivity index (χ0n) is 17.2. The molecular formula is C25H17Cl2N3O3. The van der Waals surface area contributed by atoms with E-state index in [1.165, 1.54) is 0 Å². The molecule has 3 aromatic rings. The zero-order valence-corrected chi connectivity index (χ0v) is 18.7. The van der Waals surface area contributed by atoms with Crippen LogP contribution in [0.4, 0.5) is 0 Å². The lowest BCUT2D eigenvalue weighted by molar-refractivity contribution is -0.129. The first-order valence-electron chi connectivity index (χ1n) is 10.2. The van der Waals surface area contributed by atoms with Crippen molar-refractivity contribution in [1.82, 2.24) is 5.01 Å². The van der Waals surface area contributed by atoms with Crippen molar-refractivity contribution in [3.8, 4) is 11.5 Å². The smallest absolute Gasteiger partial charge is 0.352 e. The first-order valence-corrected chi connectivity index (χ1v) is 10.9. The SMILES string of the molecule is O=C(O)C1=NN2C(c3ccc(Cl)c(Cl)c3)=CC(c3ccc(Oc4ccccc4)cc3)=NC2C1. The van der Waals surface area contributed by atoms with Crippen LogP contribution in [0.15, 0.2) is 89.0 Å². The van der Waals surface area contributed by atoms with Gasteiger partial charge in [-0.2, -0.15) is 5.10 Å². The number of carboxylic acid groups (broad SMARTS) is 1. The minimum atomic E-state index is -1.06. The van der Waals surface area contributed by atoms with E-state index in [9.17, 15) is 9.90 Å². The molecule has 2 heterocycles. The number of carboxylic acids is 1. The van der Waals surface area contributed by atoms with E-state index in [4.69, 9.17) is 32.9 Å². The number of ether oxygens (including phenoxy) is 1. The molecule has 2 aliphatic heterocycles. The monoisotopic (exact) mass is 477 g/mol.